The van der Waals surface area contributed by atoms with Gasteiger partial charge >= 0.3 is 0 Å². The third kappa shape index (κ3) is 5.13. The highest BCUT2D eigenvalue weighted by Gasteiger charge is 2.18. The fourth-order valence-electron chi connectivity index (χ4n) is 3.64. The molecule has 0 aliphatic rings. The number of ether oxygens (including phenoxy) is 2. The van der Waals surface area contributed by atoms with Gasteiger partial charge in [0.15, 0.2) is 5.82 Å². The van der Waals surface area contributed by atoms with Crippen LogP contribution in [-0.4, -0.2) is 45.0 Å². The first-order valence-electron chi connectivity index (χ1n) is 10.7. The van der Waals surface area contributed by atoms with Crippen molar-refractivity contribution in [2.75, 3.05) is 20.8 Å². The van der Waals surface area contributed by atoms with E-state index in [1.165, 1.54) is 5.56 Å². The van der Waals surface area contributed by atoms with Gasteiger partial charge in [0, 0.05) is 24.5 Å². The van der Waals surface area contributed by atoms with Crippen molar-refractivity contribution in [2.45, 2.75) is 20.1 Å². The normalized spacial score (nSPS) is 11.0. The Balaban J connectivity index is 1.70. The van der Waals surface area contributed by atoms with Gasteiger partial charge in [-0.3, -0.25) is 14.5 Å². The smallest absolute Gasteiger partial charge is 0.204 e. The summed E-state index contributed by atoms with van der Waals surface area (Å²) in [5, 5.41) is 4.88. The molecule has 0 N–H and O–H groups in total. The Hall–Kier alpha value is -3.49. The Kier molecular flexibility index (Phi) is 7.16. The van der Waals surface area contributed by atoms with Crippen LogP contribution >= 0.6 is 12.2 Å². The molecule has 0 aliphatic carbocycles. The second-order valence-electron chi connectivity index (χ2n) is 7.59. The molecule has 2 aromatic heterocycles. The van der Waals surface area contributed by atoms with E-state index in [1.807, 2.05) is 71.8 Å². The maximum absolute atomic E-state index is 5.90. The van der Waals surface area contributed by atoms with E-state index in [1.54, 1.807) is 19.5 Å². The molecule has 0 fully saturated rings. The van der Waals surface area contributed by atoms with Gasteiger partial charge in [-0.15, -0.1) is 5.10 Å². The molecule has 0 amide bonds. The van der Waals surface area contributed by atoms with Gasteiger partial charge in [0.2, 0.25) is 4.77 Å². The summed E-state index contributed by atoms with van der Waals surface area (Å²) in [5.74, 6) is 2.32. The average molecular weight is 462 g/mol. The topological polar surface area (TPSA) is 57.3 Å². The number of nitrogens with zero attached hydrogens (tertiary/aromatic N) is 5. The van der Waals surface area contributed by atoms with Gasteiger partial charge in [-0.25, -0.2) is 4.68 Å². The molecular weight excluding hydrogens is 434 g/mol. The predicted molar refractivity (Wildman–Crippen MR) is 131 cm³/mol. The van der Waals surface area contributed by atoms with E-state index in [9.17, 15) is 0 Å². The molecule has 2 heterocycles. The van der Waals surface area contributed by atoms with E-state index in [2.05, 4.69) is 22.0 Å². The van der Waals surface area contributed by atoms with Crippen molar-refractivity contribution in [3.63, 3.8) is 0 Å². The third-order valence-corrected chi connectivity index (χ3v) is 5.55. The van der Waals surface area contributed by atoms with Crippen LogP contribution in [0.5, 0.6) is 11.5 Å². The quantitative estimate of drug-likeness (QED) is 0.328. The molecule has 7 nitrogen and oxygen atoms in total. The van der Waals surface area contributed by atoms with Crippen molar-refractivity contribution in [1.29, 1.82) is 0 Å². The van der Waals surface area contributed by atoms with Gasteiger partial charge in [-0.2, -0.15) is 0 Å². The Bertz CT molecular complexity index is 1250. The van der Waals surface area contributed by atoms with E-state index >= 15 is 0 Å². The Labute approximate surface area is 198 Å². The van der Waals surface area contributed by atoms with Crippen molar-refractivity contribution < 1.29 is 9.47 Å². The molecule has 0 unspecified atom stereocenters. The minimum absolute atomic E-state index is 0.530. The fourth-order valence-corrected chi connectivity index (χ4v) is 3.92. The van der Waals surface area contributed by atoms with Gasteiger partial charge in [0.1, 0.15) is 11.5 Å². The van der Waals surface area contributed by atoms with Crippen LogP contribution in [0.3, 0.4) is 0 Å². The highest BCUT2D eigenvalue weighted by atomic mass is 32.1. The van der Waals surface area contributed by atoms with Crippen molar-refractivity contribution in [3.05, 3.63) is 83.4 Å². The fraction of sp³-hybridized carbons (Fsp3) is 0.240. The highest BCUT2D eigenvalue weighted by Crippen LogP contribution is 2.28. The molecule has 170 valence electrons. The largest absolute Gasteiger partial charge is 0.497 e. The van der Waals surface area contributed by atoms with E-state index in [0.29, 0.717) is 18.0 Å². The first-order valence-corrected chi connectivity index (χ1v) is 11.2. The van der Waals surface area contributed by atoms with E-state index in [-0.39, 0.29) is 0 Å². The molecule has 0 saturated heterocycles. The van der Waals surface area contributed by atoms with Gasteiger partial charge < -0.3 is 9.47 Å². The second kappa shape index (κ2) is 10.4. The SMILES string of the molecule is CCOc1ccccc1-n1c(-c2cccnc2)nn(CN(C)Cc2ccc(OC)cc2)c1=S. The van der Waals surface area contributed by atoms with Crippen LogP contribution in [0.1, 0.15) is 12.5 Å². The number of benzene rings is 2. The molecule has 33 heavy (non-hydrogen) atoms. The molecule has 4 aromatic rings. The predicted octanol–water partition coefficient (Wildman–Crippen LogP) is 4.96. The number of pyridine rings is 1. The van der Waals surface area contributed by atoms with Crippen LogP contribution in [0.2, 0.25) is 0 Å². The average Bonchev–Trinajstić information content (AvgIpc) is 3.16. The lowest BCUT2D eigenvalue weighted by Crippen LogP contribution is -2.22. The standard InChI is InChI=1S/C25H27N5O2S/c1-4-32-23-10-6-5-9-22(23)30-24(20-8-7-15-26-16-20)27-29(25(30)33)18-28(2)17-19-11-13-21(31-3)14-12-19/h5-16H,4,17-18H2,1-3H3. The number of rotatable bonds is 9. The lowest BCUT2D eigenvalue weighted by atomic mass is 10.2. The number of methoxy groups -OCH3 is 1. The lowest BCUT2D eigenvalue weighted by molar-refractivity contribution is 0.244. The summed E-state index contributed by atoms with van der Waals surface area (Å²) in [7, 11) is 3.71. The minimum atomic E-state index is 0.530. The van der Waals surface area contributed by atoms with Crippen LogP contribution in [0.25, 0.3) is 17.1 Å². The molecule has 0 radical (unpaired) electrons. The van der Waals surface area contributed by atoms with E-state index in [0.717, 1.165) is 35.1 Å². The maximum atomic E-state index is 5.90. The number of para-hydroxylation sites is 2. The number of hydrogen-bond acceptors (Lipinski definition) is 6. The van der Waals surface area contributed by atoms with Crippen LogP contribution in [0, 0.1) is 4.77 Å². The van der Waals surface area contributed by atoms with Crippen LogP contribution in [0.4, 0.5) is 0 Å². The molecule has 0 spiro atoms. The first-order chi connectivity index (χ1) is 16.1. The molecule has 4 rings (SSSR count). The van der Waals surface area contributed by atoms with Crippen molar-refractivity contribution in [1.82, 2.24) is 24.2 Å². The van der Waals surface area contributed by atoms with Gasteiger partial charge in [-0.1, -0.05) is 24.3 Å². The molecule has 0 saturated carbocycles. The first kappa shape index (κ1) is 22.7. The number of hydrogen-bond donors (Lipinski definition) is 0. The summed E-state index contributed by atoms with van der Waals surface area (Å²) in [5.41, 5.74) is 2.91. The molecule has 0 atom stereocenters. The van der Waals surface area contributed by atoms with Crippen molar-refractivity contribution >= 4 is 12.2 Å². The van der Waals surface area contributed by atoms with E-state index < -0.39 is 0 Å². The molecule has 0 bridgehead atoms. The summed E-state index contributed by atoms with van der Waals surface area (Å²) < 4.78 is 15.5. The molecule has 0 aliphatic heterocycles. The summed E-state index contributed by atoms with van der Waals surface area (Å²) >= 11 is 5.90. The minimum Gasteiger partial charge on any atom is -0.497 e. The Morgan fingerprint density at radius 1 is 1.03 bits per heavy atom. The van der Waals surface area contributed by atoms with Crippen LogP contribution in [-0.2, 0) is 13.2 Å². The van der Waals surface area contributed by atoms with Gasteiger partial charge in [-0.05, 0) is 68.2 Å². The lowest BCUT2D eigenvalue weighted by Gasteiger charge is -2.16. The Morgan fingerprint density at radius 2 is 1.82 bits per heavy atom. The summed E-state index contributed by atoms with van der Waals surface area (Å²) in [6.07, 6.45) is 3.54. The maximum Gasteiger partial charge on any atom is 0.204 e. The van der Waals surface area contributed by atoms with Gasteiger partial charge in [0.25, 0.3) is 0 Å². The second-order valence-corrected chi connectivity index (χ2v) is 7.95. The third-order valence-electron chi connectivity index (χ3n) is 5.15. The van der Waals surface area contributed by atoms with Crippen LogP contribution < -0.4 is 9.47 Å². The number of aromatic nitrogens is 4. The van der Waals surface area contributed by atoms with E-state index in [4.69, 9.17) is 26.8 Å². The molecule has 8 heteroatoms. The highest BCUT2D eigenvalue weighted by molar-refractivity contribution is 7.71. The zero-order valence-electron chi connectivity index (χ0n) is 19.0. The van der Waals surface area contributed by atoms with Crippen molar-refractivity contribution in [3.8, 4) is 28.6 Å². The zero-order valence-corrected chi connectivity index (χ0v) is 19.8. The summed E-state index contributed by atoms with van der Waals surface area (Å²) in [6.45, 7) is 3.80. The summed E-state index contributed by atoms with van der Waals surface area (Å²) in [6, 6.07) is 19.8. The van der Waals surface area contributed by atoms with Crippen molar-refractivity contribution in [2.24, 2.45) is 0 Å². The zero-order chi connectivity index (χ0) is 23.2. The van der Waals surface area contributed by atoms with Gasteiger partial charge in [0.05, 0.1) is 26.1 Å². The Morgan fingerprint density at radius 3 is 2.52 bits per heavy atom. The van der Waals surface area contributed by atoms with Crippen LogP contribution in [0.15, 0.2) is 73.1 Å². The monoisotopic (exact) mass is 461 g/mol. The molecular formula is C25H27N5O2S. The molecule has 2 aromatic carbocycles. The summed E-state index contributed by atoms with van der Waals surface area (Å²) in [4.78, 5) is 6.44.